The fourth-order valence-corrected chi connectivity index (χ4v) is 3.62. The molecule has 0 aliphatic carbocycles. The molecule has 3 heterocycles. The summed E-state index contributed by atoms with van der Waals surface area (Å²) in [6, 6.07) is -0.873. The number of hydrogen-bond acceptors (Lipinski definition) is 6. The van der Waals surface area contributed by atoms with Gasteiger partial charge in [-0.1, -0.05) is 20.8 Å². The second-order valence-corrected chi connectivity index (χ2v) is 8.65. The Morgan fingerprint density at radius 2 is 2.00 bits per heavy atom. The number of alkyl halides is 3. The molecule has 0 amide bonds. The summed E-state index contributed by atoms with van der Waals surface area (Å²) in [5.41, 5.74) is -1.79. The van der Waals surface area contributed by atoms with E-state index in [0.29, 0.717) is 17.4 Å². The molecule has 2 aromatic rings. The molecule has 7 nitrogen and oxygen atoms in total. The molecular weight excluding hydrogens is 418 g/mol. The standard InChI is InChI=1S/C20H23F4N5O2/c1-9-15(10-7-25-8-26-17(10)27-9)16-11(20(22,23)24)5-12(21)18(29-16)28-13(6-14(30)31)19(2,3)4/h5,7-9,13,15H,6H2,1-4H3,(H,28,29)(H,30,31)(H,25,26,27). The number of halogens is 4. The number of pyridine rings is 1. The molecule has 0 radical (unpaired) electrons. The molecule has 11 heteroatoms. The van der Waals surface area contributed by atoms with Crippen LogP contribution in [-0.2, 0) is 11.0 Å². The molecular formula is C20H23F4N5O2. The van der Waals surface area contributed by atoms with Crippen molar-refractivity contribution in [3.63, 3.8) is 0 Å². The molecule has 0 bridgehead atoms. The van der Waals surface area contributed by atoms with Gasteiger partial charge in [-0.15, -0.1) is 0 Å². The third kappa shape index (κ3) is 4.70. The second kappa shape index (κ2) is 7.93. The smallest absolute Gasteiger partial charge is 0.418 e. The molecule has 3 unspecified atom stereocenters. The number of rotatable bonds is 5. The Labute approximate surface area is 176 Å². The molecule has 1 aliphatic rings. The Hall–Kier alpha value is -2.98. The van der Waals surface area contributed by atoms with Gasteiger partial charge < -0.3 is 15.7 Å². The zero-order chi connectivity index (χ0) is 23.1. The molecule has 3 N–H and O–H groups in total. The number of fused-ring (bicyclic) bond motifs is 1. The third-order valence-corrected chi connectivity index (χ3v) is 5.28. The van der Waals surface area contributed by atoms with Crippen molar-refractivity contribution in [3.05, 3.63) is 41.2 Å². The van der Waals surface area contributed by atoms with E-state index in [1.807, 2.05) is 0 Å². The minimum atomic E-state index is -4.84. The van der Waals surface area contributed by atoms with Crippen molar-refractivity contribution >= 4 is 17.6 Å². The van der Waals surface area contributed by atoms with Gasteiger partial charge in [0.1, 0.15) is 12.1 Å². The maximum atomic E-state index is 14.7. The van der Waals surface area contributed by atoms with Crippen LogP contribution in [0.3, 0.4) is 0 Å². The summed E-state index contributed by atoms with van der Waals surface area (Å²) in [5, 5.41) is 14.9. The lowest BCUT2D eigenvalue weighted by Gasteiger charge is -2.31. The maximum absolute atomic E-state index is 14.7. The normalized spacial score (nSPS) is 19.5. The zero-order valence-corrected chi connectivity index (χ0v) is 17.4. The highest BCUT2D eigenvalue weighted by Gasteiger charge is 2.42. The van der Waals surface area contributed by atoms with E-state index in [-0.39, 0.29) is 12.1 Å². The highest BCUT2D eigenvalue weighted by molar-refractivity contribution is 5.68. The van der Waals surface area contributed by atoms with Crippen LogP contribution >= 0.6 is 0 Å². The fraction of sp³-hybridized carbons (Fsp3) is 0.500. The quantitative estimate of drug-likeness (QED) is 0.596. The lowest BCUT2D eigenvalue weighted by atomic mass is 9.84. The van der Waals surface area contributed by atoms with Crippen LogP contribution in [0.5, 0.6) is 0 Å². The van der Waals surface area contributed by atoms with Gasteiger partial charge in [-0.3, -0.25) is 4.79 Å². The monoisotopic (exact) mass is 441 g/mol. The summed E-state index contributed by atoms with van der Waals surface area (Å²) in [6.45, 7) is 6.90. The van der Waals surface area contributed by atoms with E-state index in [1.54, 1.807) is 27.7 Å². The van der Waals surface area contributed by atoms with Gasteiger partial charge in [-0.05, 0) is 18.4 Å². The van der Waals surface area contributed by atoms with Crippen LogP contribution in [0.25, 0.3) is 0 Å². The lowest BCUT2D eigenvalue weighted by Crippen LogP contribution is -2.37. The fourth-order valence-electron chi connectivity index (χ4n) is 3.62. The molecule has 3 rings (SSSR count). The third-order valence-electron chi connectivity index (χ3n) is 5.28. The van der Waals surface area contributed by atoms with Gasteiger partial charge in [0.15, 0.2) is 11.6 Å². The molecule has 0 saturated carbocycles. The van der Waals surface area contributed by atoms with Crippen molar-refractivity contribution < 1.29 is 27.5 Å². The molecule has 168 valence electrons. The minimum absolute atomic E-state index is 0.362. The number of anilines is 2. The van der Waals surface area contributed by atoms with Crippen molar-refractivity contribution in [1.82, 2.24) is 15.0 Å². The van der Waals surface area contributed by atoms with Gasteiger partial charge in [-0.25, -0.2) is 19.3 Å². The molecule has 31 heavy (non-hydrogen) atoms. The predicted octanol–water partition coefficient (Wildman–Crippen LogP) is 4.28. The SMILES string of the molecule is CC1Nc2ncncc2C1c1nc(NC(CC(=O)O)C(C)(C)C)c(F)cc1C(F)(F)F. The van der Waals surface area contributed by atoms with Crippen LogP contribution in [0, 0.1) is 11.2 Å². The number of nitrogens with one attached hydrogen (secondary N) is 2. The summed E-state index contributed by atoms with van der Waals surface area (Å²) < 4.78 is 56.1. The van der Waals surface area contributed by atoms with Crippen LogP contribution in [0.1, 0.15) is 56.9 Å². The molecule has 0 fully saturated rings. The summed E-state index contributed by atoms with van der Waals surface area (Å²) in [7, 11) is 0. The van der Waals surface area contributed by atoms with E-state index in [1.165, 1.54) is 12.5 Å². The number of carboxylic acid groups (broad SMARTS) is 1. The average Bonchev–Trinajstić information content (AvgIpc) is 2.96. The number of aliphatic carboxylic acids is 1. The number of hydrogen-bond donors (Lipinski definition) is 3. The molecule has 0 spiro atoms. The van der Waals surface area contributed by atoms with E-state index in [4.69, 9.17) is 0 Å². The van der Waals surface area contributed by atoms with Gasteiger partial charge in [0.05, 0.1) is 23.6 Å². The Bertz CT molecular complexity index is 991. The summed E-state index contributed by atoms with van der Waals surface area (Å²) in [4.78, 5) is 23.2. The lowest BCUT2D eigenvalue weighted by molar-refractivity contribution is -0.139. The van der Waals surface area contributed by atoms with Crippen LogP contribution in [0.2, 0.25) is 0 Å². The Morgan fingerprint density at radius 1 is 1.32 bits per heavy atom. The van der Waals surface area contributed by atoms with Crippen LogP contribution in [0.4, 0.5) is 29.2 Å². The summed E-state index contributed by atoms with van der Waals surface area (Å²) >= 11 is 0. The Morgan fingerprint density at radius 3 is 2.58 bits per heavy atom. The largest absolute Gasteiger partial charge is 0.481 e. The van der Waals surface area contributed by atoms with Crippen molar-refractivity contribution in [2.75, 3.05) is 10.6 Å². The first kappa shape index (κ1) is 22.7. The van der Waals surface area contributed by atoms with E-state index >= 15 is 0 Å². The second-order valence-electron chi connectivity index (χ2n) is 8.65. The van der Waals surface area contributed by atoms with Gasteiger partial charge in [0.25, 0.3) is 0 Å². The minimum Gasteiger partial charge on any atom is -0.481 e. The molecule has 2 aromatic heterocycles. The van der Waals surface area contributed by atoms with Crippen LogP contribution in [-0.4, -0.2) is 38.1 Å². The zero-order valence-electron chi connectivity index (χ0n) is 17.4. The van der Waals surface area contributed by atoms with Gasteiger partial charge in [-0.2, -0.15) is 13.2 Å². The first-order chi connectivity index (χ1) is 14.3. The summed E-state index contributed by atoms with van der Waals surface area (Å²) in [5.74, 6) is -3.25. The van der Waals surface area contributed by atoms with Gasteiger partial charge in [0, 0.05) is 23.8 Å². The van der Waals surface area contributed by atoms with Gasteiger partial charge >= 0.3 is 12.1 Å². The van der Waals surface area contributed by atoms with Crippen molar-refractivity contribution in [1.29, 1.82) is 0 Å². The topological polar surface area (TPSA) is 100 Å². The van der Waals surface area contributed by atoms with Crippen molar-refractivity contribution in [3.8, 4) is 0 Å². The number of carbonyl (C=O) groups is 1. The van der Waals surface area contributed by atoms with Crippen LogP contribution < -0.4 is 10.6 Å². The van der Waals surface area contributed by atoms with E-state index in [0.717, 1.165) is 0 Å². The molecule has 0 aromatic carbocycles. The molecule has 0 saturated heterocycles. The maximum Gasteiger partial charge on any atom is 0.418 e. The number of aromatic nitrogens is 3. The highest BCUT2D eigenvalue weighted by Crippen LogP contribution is 2.44. The average molecular weight is 441 g/mol. The molecule has 1 aliphatic heterocycles. The summed E-state index contributed by atoms with van der Waals surface area (Å²) in [6.07, 6.45) is -2.52. The van der Waals surface area contributed by atoms with Crippen LogP contribution in [0.15, 0.2) is 18.6 Å². The Kier molecular flexibility index (Phi) is 5.81. The van der Waals surface area contributed by atoms with E-state index in [9.17, 15) is 27.5 Å². The Balaban J connectivity index is 2.14. The first-order valence-corrected chi connectivity index (χ1v) is 9.61. The highest BCUT2D eigenvalue weighted by atomic mass is 19.4. The van der Waals surface area contributed by atoms with E-state index < -0.39 is 52.8 Å². The van der Waals surface area contributed by atoms with E-state index in [2.05, 4.69) is 25.6 Å². The molecule has 3 atom stereocenters. The van der Waals surface area contributed by atoms with Gasteiger partial charge in [0.2, 0.25) is 0 Å². The van der Waals surface area contributed by atoms with Crippen molar-refractivity contribution in [2.24, 2.45) is 5.41 Å². The number of nitrogens with zero attached hydrogens (tertiary/aromatic N) is 3. The first-order valence-electron chi connectivity index (χ1n) is 9.61. The number of carboxylic acids is 1. The predicted molar refractivity (Wildman–Crippen MR) is 105 cm³/mol. The van der Waals surface area contributed by atoms with Crippen molar-refractivity contribution in [2.45, 2.75) is 58.3 Å².